The molecule has 1 aliphatic rings. The Morgan fingerprint density at radius 2 is 1.93 bits per heavy atom. The number of carbonyl (C=O) groups excluding carboxylic acids is 2. The van der Waals surface area contributed by atoms with Gasteiger partial charge >= 0.3 is 0 Å². The molecular formula is C21H24N2O4. The van der Waals surface area contributed by atoms with Crippen molar-refractivity contribution < 1.29 is 19.1 Å². The molecule has 0 bridgehead atoms. The molecule has 2 aromatic carbocycles. The average molecular weight is 368 g/mol. The third kappa shape index (κ3) is 5.56. The summed E-state index contributed by atoms with van der Waals surface area (Å²) in [5.74, 6) is -0.256. The minimum Gasteiger partial charge on any atom is -0.489 e. The van der Waals surface area contributed by atoms with Crippen LogP contribution in [0.25, 0.3) is 0 Å². The first kappa shape index (κ1) is 18.9. The van der Waals surface area contributed by atoms with Crippen molar-refractivity contribution in [3.05, 3.63) is 65.7 Å². The molecule has 2 amide bonds. The fourth-order valence-corrected chi connectivity index (χ4v) is 2.99. The summed E-state index contributed by atoms with van der Waals surface area (Å²) in [6.45, 7) is 1.42. The predicted molar refractivity (Wildman–Crippen MR) is 101 cm³/mol. The van der Waals surface area contributed by atoms with E-state index in [0.717, 1.165) is 11.1 Å². The van der Waals surface area contributed by atoms with Crippen LogP contribution in [0.2, 0.25) is 0 Å². The lowest BCUT2D eigenvalue weighted by Crippen LogP contribution is -2.48. The van der Waals surface area contributed by atoms with Crippen molar-refractivity contribution in [3.63, 3.8) is 0 Å². The maximum Gasteiger partial charge on any atom is 0.240 e. The fraction of sp³-hybridized carbons (Fsp3) is 0.333. The molecular weight excluding hydrogens is 344 g/mol. The van der Waals surface area contributed by atoms with Crippen LogP contribution in [-0.2, 0) is 27.4 Å². The van der Waals surface area contributed by atoms with Gasteiger partial charge in [0.15, 0.2) is 0 Å². The molecule has 6 heteroatoms. The molecule has 2 atom stereocenters. The van der Waals surface area contributed by atoms with Crippen molar-refractivity contribution in [2.45, 2.75) is 25.5 Å². The van der Waals surface area contributed by atoms with Crippen molar-refractivity contribution >= 4 is 11.8 Å². The Kier molecular flexibility index (Phi) is 6.44. The molecule has 0 aliphatic carbocycles. The van der Waals surface area contributed by atoms with Crippen LogP contribution in [0.5, 0.6) is 5.75 Å². The number of carbonyl (C=O) groups is 2. The Balaban J connectivity index is 1.60. The summed E-state index contributed by atoms with van der Waals surface area (Å²) in [5.41, 5.74) is 7.43. The van der Waals surface area contributed by atoms with E-state index >= 15 is 0 Å². The highest BCUT2D eigenvalue weighted by atomic mass is 16.5. The number of ether oxygens (including phenoxy) is 2. The molecule has 0 aromatic heterocycles. The van der Waals surface area contributed by atoms with Crippen LogP contribution in [0.1, 0.15) is 17.5 Å². The van der Waals surface area contributed by atoms with Gasteiger partial charge in [-0.3, -0.25) is 9.59 Å². The maximum atomic E-state index is 12.3. The first-order valence-corrected chi connectivity index (χ1v) is 9.05. The molecule has 0 saturated carbocycles. The van der Waals surface area contributed by atoms with Crippen LogP contribution in [0, 0.1) is 5.92 Å². The molecule has 1 aliphatic heterocycles. The number of nitrogens with two attached hydrogens (primary N) is 1. The van der Waals surface area contributed by atoms with Crippen LogP contribution in [0.15, 0.2) is 54.6 Å². The lowest BCUT2D eigenvalue weighted by molar-refractivity contribution is -0.129. The Morgan fingerprint density at radius 3 is 2.63 bits per heavy atom. The Hall–Kier alpha value is -2.86. The van der Waals surface area contributed by atoms with Gasteiger partial charge in [-0.15, -0.1) is 0 Å². The van der Waals surface area contributed by atoms with E-state index in [1.165, 1.54) is 0 Å². The summed E-state index contributed by atoms with van der Waals surface area (Å²) in [6.07, 6.45) is 0.983. The lowest BCUT2D eigenvalue weighted by atomic mass is 10.0. The third-order valence-electron chi connectivity index (χ3n) is 4.55. The molecule has 142 valence electrons. The highest BCUT2D eigenvalue weighted by Crippen LogP contribution is 2.17. The third-order valence-corrected chi connectivity index (χ3v) is 4.55. The zero-order valence-corrected chi connectivity index (χ0v) is 15.1. The second-order valence-electron chi connectivity index (χ2n) is 6.65. The van der Waals surface area contributed by atoms with E-state index in [2.05, 4.69) is 5.32 Å². The van der Waals surface area contributed by atoms with Crippen molar-refractivity contribution in [3.8, 4) is 5.75 Å². The zero-order valence-electron chi connectivity index (χ0n) is 15.1. The smallest absolute Gasteiger partial charge is 0.240 e. The predicted octanol–water partition coefficient (Wildman–Crippen LogP) is 1.81. The fourth-order valence-electron chi connectivity index (χ4n) is 2.99. The molecule has 0 radical (unpaired) electrons. The van der Waals surface area contributed by atoms with Gasteiger partial charge in [0.05, 0.1) is 12.5 Å². The molecule has 0 unspecified atom stereocenters. The molecule has 1 heterocycles. The summed E-state index contributed by atoms with van der Waals surface area (Å²) < 4.78 is 11.0. The van der Waals surface area contributed by atoms with E-state index in [1.807, 2.05) is 54.6 Å². The average Bonchev–Trinajstić information content (AvgIpc) is 3.22. The number of nitrogens with one attached hydrogen (secondary N) is 1. The molecule has 2 aromatic rings. The van der Waals surface area contributed by atoms with Crippen molar-refractivity contribution in [2.75, 3.05) is 13.2 Å². The molecule has 1 saturated heterocycles. The molecule has 0 spiro atoms. The molecule has 27 heavy (non-hydrogen) atoms. The van der Waals surface area contributed by atoms with E-state index in [9.17, 15) is 9.59 Å². The highest BCUT2D eigenvalue weighted by molar-refractivity contribution is 5.87. The number of hydrogen-bond acceptors (Lipinski definition) is 4. The van der Waals surface area contributed by atoms with Crippen LogP contribution >= 0.6 is 0 Å². The highest BCUT2D eigenvalue weighted by Gasteiger charge is 2.27. The van der Waals surface area contributed by atoms with Gasteiger partial charge in [-0.2, -0.15) is 0 Å². The van der Waals surface area contributed by atoms with Gasteiger partial charge in [0, 0.05) is 13.0 Å². The van der Waals surface area contributed by atoms with Crippen molar-refractivity contribution in [1.29, 1.82) is 0 Å². The van der Waals surface area contributed by atoms with E-state index in [4.69, 9.17) is 15.2 Å². The molecule has 3 rings (SSSR count). The van der Waals surface area contributed by atoms with Gasteiger partial charge in [0.2, 0.25) is 11.8 Å². The number of benzene rings is 2. The quantitative estimate of drug-likeness (QED) is 0.744. The van der Waals surface area contributed by atoms with Gasteiger partial charge in [0.1, 0.15) is 18.4 Å². The van der Waals surface area contributed by atoms with Gasteiger partial charge in [-0.05, 0) is 29.7 Å². The second kappa shape index (κ2) is 9.19. The summed E-state index contributed by atoms with van der Waals surface area (Å²) in [6, 6.07) is 16.6. The first-order valence-electron chi connectivity index (χ1n) is 9.05. The second-order valence-corrected chi connectivity index (χ2v) is 6.65. The molecule has 6 nitrogen and oxygen atoms in total. The minimum atomic E-state index is -0.762. The summed E-state index contributed by atoms with van der Waals surface area (Å²) in [4.78, 5) is 24.0. The number of primary amides is 1. The summed E-state index contributed by atoms with van der Waals surface area (Å²) >= 11 is 0. The van der Waals surface area contributed by atoms with Crippen molar-refractivity contribution in [1.82, 2.24) is 5.32 Å². The standard InChI is InChI=1S/C21H24N2O4/c22-20(24)19(23-21(25)17-9-10-26-14-17)12-16-7-4-8-18(11-16)27-13-15-5-2-1-3-6-15/h1-8,11,17,19H,9-10,12-14H2,(H2,22,24)(H,23,25)/t17-,19+/m0/s1. The Bertz CT molecular complexity index is 773. The zero-order chi connectivity index (χ0) is 19.1. The van der Waals surface area contributed by atoms with Gasteiger partial charge in [0.25, 0.3) is 0 Å². The van der Waals surface area contributed by atoms with Crippen LogP contribution in [0.4, 0.5) is 0 Å². The monoisotopic (exact) mass is 368 g/mol. The first-order chi connectivity index (χ1) is 13.1. The SMILES string of the molecule is NC(=O)[C@@H](Cc1cccc(OCc2ccccc2)c1)NC(=O)[C@H]1CCOC1. The largest absolute Gasteiger partial charge is 0.489 e. The Labute approximate surface area is 158 Å². The van der Waals surface area contributed by atoms with E-state index < -0.39 is 11.9 Å². The minimum absolute atomic E-state index is 0.187. The van der Waals surface area contributed by atoms with Gasteiger partial charge in [-0.1, -0.05) is 42.5 Å². The molecule has 1 fully saturated rings. The maximum absolute atomic E-state index is 12.3. The van der Waals surface area contributed by atoms with E-state index in [0.29, 0.717) is 38.4 Å². The van der Waals surface area contributed by atoms with E-state index in [-0.39, 0.29) is 11.8 Å². The molecule has 3 N–H and O–H groups in total. The topological polar surface area (TPSA) is 90.7 Å². The van der Waals surface area contributed by atoms with Crippen LogP contribution < -0.4 is 15.8 Å². The van der Waals surface area contributed by atoms with E-state index in [1.54, 1.807) is 0 Å². The number of rotatable bonds is 8. The van der Waals surface area contributed by atoms with Gasteiger partial charge in [-0.25, -0.2) is 0 Å². The van der Waals surface area contributed by atoms with Crippen molar-refractivity contribution in [2.24, 2.45) is 11.7 Å². The summed E-state index contributed by atoms with van der Waals surface area (Å²) in [5, 5.41) is 2.75. The van der Waals surface area contributed by atoms with Gasteiger partial charge < -0.3 is 20.5 Å². The lowest BCUT2D eigenvalue weighted by Gasteiger charge is -2.18. The normalized spacial score (nSPS) is 17.3. The Morgan fingerprint density at radius 1 is 1.15 bits per heavy atom. The summed E-state index contributed by atoms with van der Waals surface area (Å²) in [7, 11) is 0. The number of hydrogen-bond donors (Lipinski definition) is 2. The van der Waals surface area contributed by atoms with Crippen LogP contribution in [-0.4, -0.2) is 31.1 Å². The van der Waals surface area contributed by atoms with Crippen LogP contribution in [0.3, 0.4) is 0 Å². The number of amides is 2.